The van der Waals surface area contributed by atoms with Crippen LogP contribution >= 0.6 is 0 Å². The third kappa shape index (κ3) is 5.45. The fraction of sp³-hybridized carbons (Fsp3) is 0.750. The summed E-state index contributed by atoms with van der Waals surface area (Å²) in [5.74, 6) is -1.08. The molecule has 0 aromatic rings. The Morgan fingerprint density at radius 3 is 2.70 bits per heavy atom. The number of carboxylic acids is 1. The Bertz CT molecular complexity index is 114. The molecule has 3 N–H and O–H groups in total. The molecule has 0 aromatic carbocycles. The van der Waals surface area contributed by atoms with Crippen molar-refractivity contribution >= 4 is 5.97 Å². The number of rotatable bonds is 4. The molecule has 0 fully saturated rings. The summed E-state index contributed by atoms with van der Waals surface area (Å²) in [6, 6.07) is 0. The van der Waals surface area contributed by atoms with E-state index in [1.807, 2.05) is 0 Å². The first kappa shape index (κ1) is 9.31. The van der Waals surface area contributed by atoms with Gasteiger partial charge in [0, 0.05) is 0 Å². The SMILES string of the molecule is C[C@@H](CC(=O)O)O[NH+]([O-])O. The number of hydrogen-bond acceptors (Lipinski definition) is 4. The van der Waals surface area contributed by atoms with Crippen molar-refractivity contribution in [3.05, 3.63) is 5.21 Å². The standard InChI is InChI=1S/C4H9NO5/c1-3(2-4(6)7)10-5(8)9/h3,5,8H,2H2,1H3,(H,6,7)/t3-/m0/s1. The van der Waals surface area contributed by atoms with Crippen molar-refractivity contribution in [3.8, 4) is 0 Å². The van der Waals surface area contributed by atoms with Gasteiger partial charge in [-0.05, 0) is 6.92 Å². The Kier molecular flexibility index (Phi) is 3.89. The third-order valence-electron chi connectivity index (χ3n) is 0.764. The van der Waals surface area contributed by atoms with Crippen LogP contribution in [0.1, 0.15) is 13.3 Å². The maximum Gasteiger partial charge on any atom is 0.306 e. The van der Waals surface area contributed by atoms with Gasteiger partial charge in [0.05, 0.1) is 6.42 Å². The van der Waals surface area contributed by atoms with Gasteiger partial charge >= 0.3 is 5.97 Å². The minimum atomic E-state index is -1.45. The summed E-state index contributed by atoms with van der Waals surface area (Å²) in [5, 5.41) is 24.4. The van der Waals surface area contributed by atoms with E-state index >= 15 is 0 Å². The van der Waals surface area contributed by atoms with E-state index in [1.165, 1.54) is 6.92 Å². The summed E-state index contributed by atoms with van der Waals surface area (Å²) < 4.78 is 0. The first-order valence-corrected chi connectivity index (χ1v) is 2.63. The van der Waals surface area contributed by atoms with E-state index in [2.05, 4.69) is 4.84 Å². The van der Waals surface area contributed by atoms with Gasteiger partial charge in [-0.25, -0.2) is 0 Å². The fourth-order valence-corrected chi connectivity index (χ4v) is 0.460. The zero-order valence-corrected chi connectivity index (χ0v) is 5.40. The zero-order valence-electron chi connectivity index (χ0n) is 5.40. The molecule has 2 atom stereocenters. The van der Waals surface area contributed by atoms with Gasteiger partial charge in [0.2, 0.25) is 0 Å². The molecule has 10 heavy (non-hydrogen) atoms. The largest absolute Gasteiger partial charge is 0.566 e. The molecule has 0 rings (SSSR count). The molecule has 0 amide bonds. The molecule has 0 radical (unpaired) electrons. The molecule has 6 heteroatoms. The van der Waals surface area contributed by atoms with Crippen molar-refractivity contribution in [2.75, 3.05) is 0 Å². The summed E-state index contributed by atoms with van der Waals surface area (Å²) in [6.07, 6.45) is -1.08. The Balaban J connectivity index is 3.43. The summed E-state index contributed by atoms with van der Waals surface area (Å²) in [6.45, 7) is 1.38. The second kappa shape index (κ2) is 4.18. The molecule has 6 nitrogen and oxygen atoms in total. The molecule has 0 saturated carbocycles. The molecule has 0 aliphatic carbocycles. The number of quaternary nitrogens is 1. The van der Waals surface area contributed by atoms with Crippen molar-refractivity contribution < 1.29 is 25.3 Å². The topological polar surface area (TPSA) is 94.3 Å². The number of aliphatic carboxylic acids is 1. The van der Waals surface area contributed by atoms with E-state index in [0.717, 1.165) is 0 Å². The van der Waals surface area contributed by atoms with Crippen LogP contribution in [0.2, 0.25) is 0 Å². The molecule has 0 heterocycles. The molecule has 0 aliphatic rings. The normalized spacial score (nSPS) is 16.3. The summed E-state index contributed by atoms with van der Waals surface area (Å²) in [5.41, 5.74) is 0. The lowest BCUT2D eigenvalue weighted by Crippen LogP contribution is -3.04. The second-order valence-corrected chi connectivity index (χ2v) is 1.79. The van der Waals surface area contributed by atoms with Crippen LogP contribution in [0.4, 0.5) is 0 Å². The highest BCUT2D eigenvalue weighted by molar-refractivity contribution is 5.67. The van der Waals surface area contributed by atoms with Crippen molar-refractivity contribution in [1.82, 2.24) is 0 Å². The van der Waals surface area contributed by atoms with Gasteiger partial charge < -0.3 is 10.3 Å². The van der Waals surface area contributed by atoms with Crippen LogP contribution in [-0.2, 0) is 9.63 Å². The summed E-state index contributed by atoms with van der Waals surface area (Å²) >= 11 is 0. The molecule has 0 saturated heterocycles. The van der Waals surface area contributed by atoms with Gasteiger partial charge in [-0.15, -0.1) is 0 Å². The lowest BCUT2D eigenvalue weighted by molar-refractivity contribution is -1.21. The van der Waals surface area contributed by atoms with Crippen molar-refractivity contribution in [1.29, 1.82) is 0 Å². The number of hydrogen-bond donors (Lipinski definition) is 3. The average Bonchev–Trinajstić information content (AvgIpc) is 1.58. The van der Waals surface area contributed by atoms with Crippen LogP contribution in [0.25, 0.3) is 0 Å². The smallest absolute Gasteiger partial charge is 0.306 e. The number of carboxylic acid groups (broad SMARTS) is 1. The zero-order chi connectivity index (χ0) is 8.15. The van der Waals surface area contributed by atoms with Crippen molar-refractivity contribution in [2.24, 2.45) is 0 Å². The van der Waals surface area contributed by atoms with Gasteiger partial charge in [0.1, 0.15) is 6.10 Å². The Hall–Kier alpha value is -0.690. The maximum atomic E-state index is 9.92. The lowest BCUT2D eigenvalue weighted by atomic mass is 10.3. The summed E-state index contributed by atoms with van der Waals surface area (Å²) in [7, 11) is 0. The highest BCUT2D eigenvalue weighted by Crippen LogP contribution is 1.91. The average molecular weight is 151 g/mol. The molecular formula is C4H9NO5. The fourth-order valence-electron chi connectivity index (χ4n) is 0.460. The molecule has 0 bridgehead atoms. The van der Waals surface area contributed by atoms with Crippen LogP contribution < -0.4 is 5.39 Å². The van der Waals surface area contributed by atoms with Crippen LogP contribution in [0.15, 0.2) is 0 Å². The highest BCUT2D eigenvalue weighted by atomic mass is 17.1. The van der Waals surface area contributed by atoms with Crippen LogP contribution in [0.5, 0.6) is 0 Å². The van der Waals surface area contributed by atoms with Gasteiger partial charge in [-0.3, -0.25) is 4.79 Å². The van der Waals surface area contributed by atoms with E-state index in [1.54, 1.807) is 0 Å². The van der Waals surface area contributed by atoms with Gasteiger partial charge in [-0.1, -0.05) is 5.39 Å². The van der Waals surface area contributed by atoms with E-state index in [-0.39, 0.29) is 6.42 Å². The van der Waals surface area contributed by atoms with E-state index in [9.17, 15) is 10.0 Å². The second-order valence-electron chi connectivity index (χ2n) is 1.79. The Labute approximate surface area is 57.1 Å². The molecule has 1 unspecified atom stereocenters. The Morgan fingerprint density at radius 1 is 1.90 bits per heavy atom. The number of nitrogens with one attached hydrogen (secondary N) is 1. The van der Waals surface area contributed by atoms with Crippen molar-refractivity contribution in [2.45, 2.75) is 19.4 Å². The maximum absolute atomic E-state index is 9.92. The van der Waals surface area contributed by atoms with Gasteiger partial charge in [0.15, 0.2) is 0 Å². The van der Waals surface area contributed by atoms with Gasteiger partial charge in [-0.2, -0.15) is 10.0 Å². The molecule has 60 valence electrons. The molecule has 0 aliphatic heterocycles. The van der Waals surface area contributed by atoms with Crippen LogP contribution in [0.3, 0.4) is 0 Å². The van der Waals surface area contributed by atoms with Crippen LogP contribution in [0, 0.1) is 5.21 Å². The first-order valence-electron chi connectivity index (χ1n) is 2.63. The predicted octanol–water partition coefficient (Wildman–Crippen LogP) is -1.45. The van der Waals surface area contributed by atoms with Gasteiger partial charge in [0.25, 0.3) is 0 Å². The third-order valence-corrected chi connectivity index (χ3v) is 0.764. The van der Waals surface area contributed by atoms with E-state index in [0.29, 0.717) is 0 Å². The molecule has 0 aromatic heterocycles. The predicted molar refractivity (Wildman–Crippen MR) is 28.9 cm³/mol. The minimum Gasteiger partial charge on any atom is -0.566 e. The monoisotopic (exact) mass is 151 g/mol. The molecule has 0 spiro atoms. The lowest BCUT2D eigenvalue weighted by Gasteiger charge is -2.13. The highest BCUT2D eigenvalue weighted by Gasteiger charge is 2.10. The first-order chi connectivity index (χ1) is 4.52. The van der Waals surface area contributed by atoms with Crippen molar-refractivity contribution in [3.63, 3.8) is 0 Å². The summed E-state index contributed by atoms with van der Waals surface area (Å²) in [4.78, 5) is 14.0. The van der Waals surface area contributed by atoms with E-state index < -0.39 is 17.5 Å². The van der Waals surface area contributed by atoms with E-state index in [4.69, 9.17) is 10.3 Å². The number of carbonyl (C=O) groups is 1. The quantitative estimate of drug-likeness (QED) is 0.427. The minimum absolute atomic E-state index is 0.299. The Morgan fingerprint density at radius 2 is 2.40 bits per heavy atom. The van der Waals surface area contributed by atoms with Crippen LogP contribution in [-0.4, -0.2) is 22.4 Å². The molecular weight excluding hydrogens is 142 g/mol.